The molecule has 0 aromatic carbocycles. The Morgan fingerprint density at radius 3 is 2.24 bits per heavy atom. The molecule has 0 bridgehead atoms. The van der Waals surface area contributed by atoms with Gasteiger partial charge in [-0.05, 0) is 37.1 Å². The standard InChI is InChI=1S/C12H24N2O2S/c1-12(2)8-10(12)9-13-11-4-6-14(7-5-11)17(3,15)16/h10-11,13H,4-9H2,1-3H3. The molecule has 2 fully saturated rings. The van der Waals surface area contributed by atoms with Crippen LogP contribution in [0.2, 0.25) is 0 Å². The van der Waals surface area contributed by atoms with E-state index in [2.05, 4.69) is 19.2 Å². The highest BCUT2D eigenvalue weighted by molar-refractivity contribution is 7.88. The van der Waals surface area contributed by atoms with Crippen molar-refractivity contribution in [3.8, 4) is 0 Å². The molecule has 0 amide bonds. The lowest BCUT2D eigenvalue weighted by Gasteiger charge is -2.30. The Hall–Kier alpha value is -0.130. The molecule has 1 atom stereocenters. The van der Waals surface area contributed by atoms with Crippen molar-refractivity contribution in [2.45, 2.75) is 39.2 Å². The van der Waals surface area contributed by atoms with Gasteiger partial charge in [0.1, 0.15) is 0 Å². The highest BCUT2D eigenvalue weighted by atomic mass is 32.2. The van der Waals surface area contributed by atoms with Crippen LogP contribution in [0.4, 0.5) is 0 Å². The van der Waals surface area contributed by atoms with Gasteiger partial charge in [0.2, 0.25) is 10.0 Å². The SMILES string of the molecule is CC1(C)CC1CNC1CCN(S(C)(=O)=O)CC1. The van der Waals surface area contributed by atoms with E-state index in [1.54, 1.807) is 4.31 Å². The molecule has 17 heavy (non-hydrogen) atoms. The van der Waals surface area contributed by atoms with E-state index in [1.165, 1.54) is 12.7 Å². The summed E-state index contributed by atoms with van der Waals surface area (Å²) < 4.78 is 24.3. The van der Waals surface area contributed by atoms with Crippen molar-refractivity contribution in [3.63, 3.8) is 0 Å². The third-order valence-electron chi connectivity index (χ3n) is 4.29. The van der Waals surface area contributed by atoms with Crippen LogP contribution in [-0.4, -0.2) is 44.7 Å². The van der Waals surface area contributed by atoms with Crippen molar-refractivity contribution in [1.29, 1.82) is 0 Å². The number of nitrogens with zero attached hydrogens (tertiary/aromatic N) is 1. The van der Waals surface area contributed by atoms with Crippen LogP contribution in [0.5, 0.6) is 0 Å². The first kappa shape index (κ1) is 13.3. The average Bonchev–Trinajstić information content (AvgIpc) is 2.83. The van der Waals surface area contributed by atoms with Gasteiger partial charge in [0.25, 0.3) is 0 Å². The van der Waals surface area contributed by atoms with Crippen LogP contribution in [0.1, 0.15) is 33.1 Å². The van der Waals surface area contributed by atoms with Gasteiger partial charge in [0.15, 0.2) is 0 Å². The van der Waals surface area contributed by atoms with Crippen molar-refractivity contribution in [3.05, 3.63) is 0 Å². The van der Waals surface area contributed by atoms with Crippen LogP contribution >= 0.6 is 0 Å². The van der Waals surface area contributed by atoms with Crippen molar-refractivity contribution < 1.29 is 8.42 Å². The molecular weight excluding hydrogens is 236 g/mol. The molecule has 1 saturated carbocycles. The average molecular weight is 260 g/mol. The molecule has 100 valence electrons. The zero-order valence-corrected chi connectivity index (χ0v) is 11.9. The number of hydrogen-bond donors (Lipinski definition) is 1. The smallest absolute Gasteiger partial charge is 0.211 e. The quantitative estimate of drug-likeness (QED) is 0.822. The van der Waals surface area contributed by atoms with Crippen LogP contribution in [0.25, 0.3) is 0 Å². The molecular formula is C12H24N2O2S. The molecule has 1 saturated heterocycles. The van der Waals surface area contributed by atoms with Gasteiger partial charge in [-0.3, -0.25) is 0 Å². The number of nitrogens with one attached hydrogen (secondary N) is 1. The van der Waals surface area contributed by atoms with Crippen LogP contribution < -0.4 is 5.32 Å². The Balaban J connectivity index is 1.69. The molecule has 1 aliphatic heterocycles. The molecule has 1 heterocycles. The zero-order valence-electron chi connectivity index (χ0n) is 11.1. The van der Waals surface area contributed by atoms with E-state index >= 15 is 0 Å². The Morgan fingerprint density at radius 1 is 1.29 bits per heavy atom. The largest absolute Gasteiger partial charge is 0.314 e. The maximum atomic E-state index is 11.4. The fourth-order valence-electron chi connectivity index (χ4n) is 2.63. The molecule has 2 rings (SSSR count). The molecule has 5 heteroatoms. The van der Waals surface area contributed by atoms with Gasteiger partial charge < -0.3 is 5.32 Å². The summed E-state index contributed by atoms with van der Waals surface area (Å²) in [6.07, 6.45) is 4.51. The predicted molar refractivity (Wildman–Crippen MR) is 69.3 cm³/mol. The Morgan fingerprint density at radius 2 is 1.82 bits per heavy atom. The summed E-state index contributed by atoms with van der Waals surface area (Å²) in [4.78, 5) is 0. The molecule has 0 radical (unpaired) electrons. The predicted octanol–water partition coefficient (Wildman–Crippen LogP) is 1.05. The second kappa shape index (κ2) is 4.52. The highest BCUT2D eigenvalue weighted by Gasteiger charge is 2.45. The number of sulfonamides is 1. The normalized spacial score (nSPS) is 30.4. The van der Waals surface area contributed by atoms with E-state index in [0.717, 1.165) is 25.3 Å². The second-order valence-electron chi connectivity index (χ2n) is 6.23. The molecule has 0 aromatic heterocycles. The molecule has 1 unspecified atom stereocenters. The number of piperidine rings is 1. The van der Waals surface area contributed by atoms with Crippen LogP contribution in [0.15, 0.2) is 0 Å². The fourth-order valence-corrected chi connectivity index (χ4v) is 3.50. The summed E-state index contributed by atoms with van der Waals surface area (Å²) in [7, 11) is -2.98. The summed E-state index contributed by atoms with van der Waals surface area (Å²) in [6, 6.07) is 0.504. The summed E-state index contributed by atoms with van der Waals surface area (Å²) in [5, 5.41) is 3.59. The molecule has 0 spiro atoms. The van der Waals surface area contributed by atoms with E-state index in [-0.39, 0.29) is 0 Å². The van der Waals surface area contributed by atoms with Crippen molar-refractivity contribution in [2.75, 3.05) is 25.9 Å². The summed E-state index contributed by atoms with van der Waals surface area (Å²) in [5.74, 6) is 0.815. The van der Waals surface area contributed by atoms with Gasteiger partial charge >= 0.3 is 0 Å². The summed E-state index contributed by atoms with van der Waals surface area (Å²) in [6.45, 7) is 7.06. The summed E-state index contributed by atoms with van der Waals surface area (Å²) >= 11 is 0. The van der Waals surface area contributed by atoms with Crippen molar-refractivity contribution >= 4 is 10.0 Å². The number of hydrogen-bond acceptors (Lipinski definition) is 3. The minimum absolute atomic E-state index is 0.504. The van der Waals surface area contributed by atoms with E-state index in [0.29, 0.717) is 24.5 Å². The minimum atomic E-state index is -2.98. The highest BCUT2D eigenvalue weighted by Crippen LogP contribution is 2.51. The Labute approximate surface area is 105 Å². The Kier molecular flexibility index (Phi) is 3.54. The monoisotopic (exact) mass is 260 g/mol. The fraction of sp³-hybridized carbons (Fsp3) is 1.00. The maximum Gasteiger partial charge on any atom is 0.211 e. The van der Waals surface area contributed by atoms with Gasteiger partial charge in [0.05, 0.1) is 6.26 Å². The van der Waals surface area contributed by atoms with Crippen LogP contribution in [0, 0.1) is 11.3 Å². The molecule has 2 aliphatic rings. The number of rotatable bonds is 4. The lowest BCUT2D eigenvalue weighted by atomic mass is 10.1. The third kappa shape index (κ3) is 3.42. The first-order valence-electron chi connectivity index (χ1n) is 6.47. The topological polar surface area (TPSA) is 49.4 Å². The van der Waals surface area contributed by atoms with Crippen LogP contribution in [-0.2, 0) is 10.0 Å². The maximum absolute atomic E-state index is 11.4. The van der Waals surface area contributed by atoms with E-state index in [4.69, 9.17) is 0 Å². The molecule has 1 N–H and O–H groups in total. The minimum Gasteiger partial charge on any atom is -0.314 e. The molecule has 0 aromatic rings. The van der Waals surface area contributed by atoms with E-state index in [9.17, 15) is 8.42 Å². The van der Waals surface area contributed by atoms with Crippen molar-refractivity contribution in [2.24, 2.45) is 11.3 Å². The van der Waals surface area contributed by atoms with Gasteiger partial charge in [-0.1, -0.05) is 13.8 Å². The summed E-state index contributed by atoms with van der Waals surface area (Å²) in [5.41, 5.74) is 0.528. The van der Waals surface area contributed by atoms with Crippen LogP contribution in [0.3, 0.4) is 0 Å². The first-order chi connectivity index (χ1) is 7.79. The zero-order chi connectivity index (χ0) is 12.7. The Bertz CT molecular complexity index is 370. The third-order valence-corrected chi connectivity index (χ3v) is 5.60. The molecule has 1 aliphatic carbocycles. The van der Waals surface area contributed by atoms with Gasteiger partial charge in [-0.25, -0.2) is 12.7 Å². The van der Waals surface area contributed by atoms with Gasteiger partial charge in [0, 0.05) is 19.1 Å². The van der Waals surface area contributed by atoms with Gasteiger partial charge in [-0.2, -0.15) is 0 Å². The van der Waals surface area contributed by atoms with E-state index < -0.39 is 10.0 Å². The lowest BCUT2D eigenvalue weighted by molar-refractivity contribution is 0.286. The second-order valence-corrected chi connectivity index (χ2v) is 8.22. The first-order valence-corrected chi connectivity index (χ1v) is 8.32. The lowest BCUT2D eigenvalue weighted by Crippen LogP contribution is -2.45. The molecule has 4 nitrogen and oxygen atoms in total. The van der Waals surface area contributed by atoms with Gasteiger partial charge in [-0.15, -0.1) is 0 Å². The van der Waals surface area contributed by atoms with Crippen molar-refractivity contribution in [1.82, 2.24) is 9.62 Å². The van der Waals surface area contributed by atoms with E-state index in [1.807, 2.05) is 0 Å².